The number of benzene rings is 2. The third-order valence-electron chi connectivity index (χ3n) is 5.69. The van der Waals surface area contributed by atoms with E-state index < -0.39 is 0 Å². The number of amides is 3. The van der Waals surface area contributed by atoms with Crippen LogP contribution in [0.2, 0.25) is 10.0 Å². The zero-order chi connectivity index (χ0) is 21.3. The predicted octanol–water partition coefficient (Wildman–Crippen LogP) is 3.89. The molecule has 30 heavy (non-hydrogen) atoms. The van der Waals surface area contributed by atoms with Crippen molar-refractivity contribution >= 4 is 46.5 Å². The first-order chi connectivity index (χ1) is 14.4. The Morgan fingerprint density at radius 3 is 2.40 bits per heavy atom. The van der Waals surface area contributed by atoms with Crippen LogP contribution in [-0.4, -0.2) is 67.6 Å². The standard InChI is InChI=1S/C22H24Cl2N4O2/c1-16-5-6-18(24)14-20(16)25-7-9-26(10-8-25)21(29)15-27-11-12-28(22(27)30)19-4-2-3-17(23)13-19/h2-6,13-14H,7-12,15H2,1H3. The molecule has 2 aromatic rings. The van der Waals surface area contributed by atoms with Crippen LogP contribution in [0.5, 0.6) is 0 Å². The number of piperazine rings is 1. The molecule has 2 aliphatic heterocycles. The van der Waals surface area contributed by atoms with E-state index in [1.807, 2.05) is 35.2 Å². The lowest BCUT2D eigenvalue weighted by Crippen LogP contribution is -2.51. The first kappa shape index (κ1) is 20.8. The van der Waals surface area contributed by atoms with Gasteiger partial charge in [0.25, 0.3) is 0 Å². The number of rotatable bonds is 4. The lowest BCUT2D eigenvalue weighted by atomic mass is 10.1. The Morgan fingerprint density at radius 1 is 0.933 bits per heavy atom. The van der Waals surface area contributed by atoms with Crippen molar-refractivity contribution in [1.82, 2.24) is 9.80 Å². The summed E-state index contributed by atoms with van der Waals surface area (Å²) in [4.78, 5) is 32.9. The fourth-order valence-electron chi connectivity index (χ4n) is 4.00. The van der Waals surface area contributed by atoms with Gasteiger partial charge in [-0.3, -0.25) is 9.69 Å². The van der Waals surface area contributed by atoms with Crippen molar-refractivity contribution in [2.45, 2.75) is 6.92 Å². The van der Waals surface area contributed by atoms with Gasteiger partial charge < -0.3 is 14.7 Å². The van der Waals surface area contributed by atoms with Gasteiger partial charge in [-0.25, -0.2) is 4.79 Å². The molecule has 0 saturated carbocycles. The van der Waals surface area contributed by atoms with E-state index in [1.54, 1.807) is 21.9 Å². The smallest absolute Gasteiger partial charge is 0.325 e. The van der Waals surface area contributed by atoms with E-state index in [0.717, 1.165) is 24.5 Å². The van der Waals surface area contributed by atoms with Crippen molar-refractivity contribution in [2.24, 2.45) is 0 Å². The van der Waals surface area contributed by atoms with Gasteiger partial charge in [0, 0.05) is 60.7 Å². The summed E-state index contributed by atoms with van der Waals surface area (Å²) >= 11 is 12.2. The molecule has 0 aromatic heterocycles. The normalized spacial score (nSPS) is 17.1. The van der Waals surface area contributed by atoms with Crippen LogP contribution < -0.4 is 9.80 Å². The van der Waals surface area contributed by atoms with Gasteiger partial charge in [0.1, 0.15) is 6.54 Å². The maximum Gasteiger partial charge on any atom is 0.325 e. The summed E-state index contributed by atoms with van der Waals surface area (Å²) in [6.07, 6.45) is 0. The number of urea groups is 1. The Bertz CT molecular complexity index is 960. The lowest BCUT2D eigenvalue weighted by Gasteiger charge is -2.37. The molecular weight excluding hydrogens is 423 g/mol. The average molecular weight is 447 g/mol. The summed E-state index contributed by atoms with van der Waals surface area (Å²) < 4.78 is 0. The van der Waals surface area contributed by atoms with Crippen molar-refractivity contribution in [1.29, 1.82) is 0 Å². The summed E-state index contributed by atoms with van der Waals surface area (Å²) in [7, 11) is 0. The third kappa shape index (κ3) is 4.35. The maximum atomic E-state index is 12.8. The van der Waals surface area contributed by atoms with Crippen LogP contribution in [0.15, 0.2) is 42.5 Å². The van der Waals surface area contributed by atoms with Gasteiger partial charge in [-0.05, 0) is 42.8 Å². The van der Waals surface area contributed by atoms with E-state index >= 15 is 0 Å². The second-order valence-electron chi connectivity index (χ2n) is 7.63. The van der Waals surface area contributed by atoms with Gasteiger partial charge in [0.2, 0.25) is 5.91 Å². The van der Waals surface area contributed by atoms with E-state index in [2.05, 4.69) is 11.8 Å². The average Bonchev–Trinajstić information content (AvgIpc) is 3.10. The molecule has 2 heterocycles. The molecule has 2 fully saturated rings. The van der Waals surface area contributed by atoms with Crippen LogP contribution in [0.1, 0.15) is 5.56 Å². The first-order valence-corrected chi connectivity index (χ1v) is 10.8. The van der Waals surface area contributed by atoms with Crippen LogP contribution in [0.4, 0.5) is 16.2 Å². The molecule has 0 atom stereocenters. The zero-order valence-electron chi connectivity index (χ0n) is 16.9. The van der Waals surface area contributed by atoms with Crippen LogP contribution in [0.25, 0.3) is 0 Å². The van der Waals surface area contributed by atoms with Crippen LogP contribution in [0, 0.1) is 6.92 Å². The van der Waals surface area contributed by atoms with Crippen molar-refractivity contribution in [3.05, 3.63) is 58.1 Å². The highest BCUT2D eigenvalue weighted by Gasteiger charge is 2.32. The van der Waals surface area contributed by atoms with Gasteiger partial charge in [-0.2, -0.15) is 0 Å². The molecule has 3 amide bonds. The van der Waals surface area contributed by atoms with Crippen LogP contribution in [0.3, 0.4) is 0 Å². The SMILES string of the molecule is Cc1ccc(Cl)cc1N1CCN(C(=O)CN2CCN(c3cccc(Cl)c3)C2=O)CC1. The fourth-order valence-corrected chi connectivity index (χ4v) is 4.35. The van der Waals surface area contributed by atoms with E-state index in [9.17, 15) is 9.59 Å². The Balaban J connectivity index is 1.33. The summed E-state index contributed by atoms with van der Waals surface area (Å²) in [5.74, 6) is -0.0150. The fraction of sp³-hybridized carbons (Fsp3) is 0.364. The number of hydrogen-bond donors (Lipinski definition) is 0. The molecule has 158 valence electrons. The molecule has 0 aliphatic carbocycles. The largest absolute Gasteiger partial charge is 0.368 e. The quantitative estimate of drug-likeness (QED) is 0.715. The second-order valence-corrected chi connectivity index (χ2v) is 8.51. The minimum absolute atomic E-state index is 0.0150. The molecular formula is C22H24Cl2N4O2. The molecule has 0 bridgehead atoms. The van der Waals surface area contributed by atoms with E-state index in [1.165, 1.54) is 5.56 Å². The number of halogens is 2. The topological polar surface area (TPSA) is 47.1 Å². The Kier molecular flexibility index (Phi) is 6.06. The number of carbonyl (C=O) groups is 2. The number of anilines is 2. The molecule has 6 nitrogen and oxygen atoms in total. The van der Waals surface area contributed by atoms with Crippen LogP contribution >= 0.6 is 23.2 Å². The minimum atomic E-state index is -0.154. The summed E-state index contributed by atoms with van der Waals surface area (Å²) in [6.45, 7) is 5.99. The molecule has 2 saturated heterocycles. The van der Waals surface area contributed by atoms with Gasteiger partial charge in [-0.1, -0.05) is 35.3 Å². The maximum absolute atomic E-state index is 12.8. The van der Waals surface area contributed by atoms with Crippen LogP contribution in [-0.2, 0) is 4.79 Å². The zero-order valence-corrected chi connectivity index (χ0v) is 18.4. The highest BCUT2D eigenvalue weighted by molar-refractivity contribution is 6.31. The second kappa shape index (κ2) is 8.74. The summed E-state index contributed by atoms with van der Waals surface area (Å²) in [6, 6.07) is 12.9. The van der Waals surface area contributed by atoms with Gasteiger partial charge in [0.05, 0.1) is 0 Å². The van der Waals surface area contributed by atoms with Crippen molar-refractivity contribution in [3.63, 3.8) is 0 Å². The highest BCUT2D eigenvalue weighted by atomic mass is 35.5. The van der Waals surface area contributed by atoms with Gasteiger partial charge >= 0.3 is 6.03 Å². The first-order valence-electron chi connectivity index (χ1n) is 10.0. The van der Waals surface area contributed by atoms with E-state index in [0.29, 0.717) is 36.2 Å². The number of nitrogens with zero attached hydrogens (tertiary/aromatic N) is 4. The van der Waals surface area contributed by atoms with E-state index in [-0.39, 0.29) is 18.5 Å². The number of carbonyl (C=O) groups excluding carboxylic acids is 2. The summed E-state index contributed by atoms with van der Waals surface area (Å²) in [5.41, 5.74) is 3.04. The molecule has 0 N–H and O–H groups in total. The third-order valence-corrected chi connectivity index (χ3v) is 6.16. The highest BCUT2D eigenvalue weighted by Crippen LogP contribution is 2.26. The summed E-state index contributed by atoms with van der Waals surface area (Å²) in [5, 5.41) is 1.30. The number of hydrogen-bond acceptors (Lipinski definition) is 3. The van der Waals surface area contributed by atoms with E-state index in [4.69, 9.17) is 23.2 Å². The molecule has 0 spiro atoms. The molecule has 4 rings (SSSR count). The minimum Gasteiger partial charge on any atom is -0.368 e. The number of aryl methyl sites for hydroxylation is 1. The molecule has 2 aliphatic rings. The molecule has 8 heteroatoms. The van der Waals surface area contributed by atoms with Gasteiger partial charge in [-0.15, -0.1) is 0 Å². The van der Waals surface area contributed by atoms with Crippen molar-refractivity contribution in [3.8, 4) is 0 Å². The Hall–Kier alpha value is -2.44. The molecule has 0 radical (unpaired) electrons. The van der Waals surface area contributed by atoms with Crippen molar-refractivity contribution in [2.75, 3.05) is 55.6 Å². The lowest BCUT2D eigenvalue weighted by molar-refractivity contribution is -0.131. The molecule has 0 unspecified atom stereocenters. The van der Waals surface area contributed by atoms with Crippen molar-refractivity contribution < 1.29 is 9.59 Å². The Labute approximate surface area is 186 Å². The monoisotopic (exact) mass is 446 g/mol. The molecule has 2 aromatic carbocycles. The Morgan fingerprint density at radius 2 is 1.67 bits per heavy atom. The predicted molar refractivity (Wildman–Crippen MR) is 121 cm³/mol. The van der Waals surface area contributed by atoms with Gasteiger partial charge in [0.15, 0.2) is 0 Å².